The number of aromatic nitrogens is 2. The molecular weight excluding hydrogens is 452 g/mol. The van der Waals surface area contributed by atoms with Crippen molar-refractivity contribution in [3.63, 3.8) is 0 Å². The van der Waals surface area contributed by atoms with E-state index in [1.54, 1.807) is 0 Å². The van der Waals surface area contributed by atoms with Crippen LogP contribution in [0.3, 0.4) is 0 Å². The second kappa shape index (κ2) is 8.87. The second-order valence-corrected chi connectivity index (χ2v) is 12.3. The Kier molecular flexibility index (Phi) is 5.55. The second-order valence-electron chi connectivity index (χ2n) is 10.2. The normalized spacial score (nSPS) is 19.3. The standard InChI is InChI=1S/C30H30N2S2/c1-3-11-19(12-4-1)25-29-27(21-15-7-9-17-23(21)31-25)34-30-26(20-13-5-2-6-14-20)32-24-18-10-8-16-22(24)28(30)33-29/h7-10,15-20H,1-6,11-14H2. The molecule has 0 radical (unpaired) electrons. The number of para-hydroxylation sites is 2. The first-order chi connectivity index (χ1) is 16.9. The maximum atomic E-state index is 5.33. The van der Waals surface area contributed by atoms with Gasteiger partial charge in [0.15, 0.2) is 0 Å². The fourth-order valence-electron chi connectivity index (χ4n) is 6.27. The number of nitrogens with zero attached hydrogens (tertiary/aromatic N) is 2. The SMILES string of the molecule is c1ccc2c3c(c(C4CCCCC4)nc2c1)Sc1c(c(C2CCCCC2)nc2ccccc12)S3. The van der Waals surface area contributed by atoms with Crippen LogP contribution in [0.2, 0.25) is 0 Å². The molecule has 3 heterocycles. The molecule has 0 atom stereocenters. The summed E-state index contributed by atoms with van der Waals surface area (Å²) in [7, 11) is 0. The lowest BCUT2D eigenvalue weighted by atomic mass is 9.86. The number of rotatable bonds is 2. The zero-order chi connectivity index (χ0) is 22.5. The number of fused-ring (bicyclic) bond motifs is 6. The van der Waals surface area contributed by atoms with Crippen molar-refractivity contribution in [2.75, 3.05) is 0 Å². The largest absolute Gasteiger partial charge is 0.251 e. The molecule has 34 heavy (non-hydrogen) atoms. The van der Waals surface area contributed by atoms with Crippen LogP contribution in [0.4, 0.5) is 0 Å². The first-order valence-corrected chi connectivity index (χ1v) is 14.7. The van der Waals surface area contributed by atoms with Gasteiger partial charge in [0.25, 0.3) is 0 Å². The van der Waals surface area contributed by atoms with Crippen LogP contribution in [0.1, 0.15) is 87.4 Å². The molecule has 0 spiro atoms. The van der Waals surface area contributed by atoms with E-state index in [0.29, 0.717) is 11.8 Å². The van der Waals surface area contributed by atoms with E-state index in [1.807, 2.05) is 23.5 Å². The third kappa shape index (κ3) is 3.56. The molecule has 2 aromatic carbocycles. The zero-order valence-electron chi connectivity index (χ0n) is 19.6. The van der Waals surface area contributed by atoms with Gasteiger partial charge in [0.05, 0.1) is 22.4 Å². The number of benzene rings is 2. The van der Waals surface area contributed by atoms with Gasteiger partial charge >= 0.3 is 0 Å². The van der Waals surface area contributed by atoms with Crippen LogP contribution < -0.4 is 0 Å². The van der Waals surface area contributed by atoms with Crippen LogP contribution in [0.15, 0.2) is 68.1 Å². The van der Waals surface area contributed by atoms with Crippen LogP contribution in [0.25, 0.3) is 21.8 Å². The zero-order valence-corrected chi connectivity index (χ0v) is 21.2. The van der Waals surface area contributed by atoms with Crippen molar-refractivity contribution in [3.05, 3.63) is 59.9 Å². The molecule has 0 saturated heterocycles. The fourth-order valence-corrected chi connectivity index (χ4v) is 9.18. The highest BCUT2D eigenvalue weighted by atomic mass is 32.2. The van der Waals surface area contributed by atoms with Crippen molar-refractivity contribution in [1.29, 1.82) is 0 Å². The van der Waals surface area contributed by atoms with Crippen LogP contribution in [0, 0.1) is 0 Å². The van der Waals surface area contributed by atoms with Crippen molar-refractivity contribution in [2.24, 2.45) is 0 Å². The van der Waals surface area contributed by atoms with Gasteiger partial charge in [-0.1, -0.05) is 98.4 Å². The van der Waals surface area contributed by atoms with E-state index >= 15 is 0 Å². The number of hydrogen-bond acceptors (Lipinski definition) is 4. The summed E-state index contributed by atoms with van der Waals surface area (Å²) in [4.78, 5) is 16.4. The molecule has 0 amide bonds. The topological polar surface area (TPSA) is 25.8 Å². The molecule has 3 aliphatic rings. The van der Waals surface area contributed by atoms with E-state index in [9.17, 15) is 0 Å². The van der Waals surface area contributed by atoms with Crippen LogP contribution >= 0.6 is 23.5 Å². The van der Waals surface area contributed by atoms with E-state index in [-0.39, 0.29) is 0 Å². The fraction of sp³-hybridized carbons (Fsp3) is 0.400. The van der Waals surface area contributed by atoms with Crippen molar-refractivity contribution in [2.45, 2.75) is 95.6 Å². The predicted molar refractivity (Wildman–Crippen MR) is 143 cm³/mol. The third-order valence-corrected chi connectivity index (χ3v) is 10.8. The maximum Gasteiger partial charge on any atom is 0.0717 e. The lowest BCUT2D eigenvalue weighted by Gasteiger charge is -2.31. The summed E-state index contributed by atoms with van der Waals surface area (Å²) in [5, 5.41) is 2.62. The Bertz CT molecular complexity index is 1280. The molecule has 4 heteroatoms. The van der Waals surface area contributed by atoms with E-state index in [4.69, 9.17) is 9.97 Å². The van der Waals surface area contributed by atoms with Crippen molar-refractivity contribution < 1.29 is 0 Å². The molecule has 2 saturated carbocycles. The van der Waals surface area contributed by atoms with Crippen LogP contribution in [-0.4, -0.2) is 9.97 Å². The molecule has 2 aromatic heterocycles. The molecule has 2 nitrogen and oxygen atoms in total. The Balaban J connectivity index is 1.46. The Morgan fingerprint density at radius 2 is 0.912 bits per heavy atom. The first kappa shape index (κ1) is 21.3. The smallest absolute Gasteiger partial charge is 0.0717 e. The van der Waals surface area contributed by atoms with Gasteiger partial charge in [-0.2, -0.15) is 0 Å². The average molecular weight is 483 g/mol. The van der Waals surface area contributed by atoms with E-state index < -0.39 is 0 Å². The first-order valence-electron chi connectivity index (χ1n) is 13.1. The lowest BCUT2D eigenvalue weighted by molar-refractivity contribution is 0.430. The Morgan fingerprint density at radius 1 is 0.500 bits per heavy atom. The molecule has 2 fully saturated rings. The molecule has 4 aromatic rings. The number of hydrogen-bond donors (Lipinski definition) is 0. The quantitative estimate of drug-likeness (QED) is 0.250. The Morgan fingerprint density at radius 3 is 1.35 bits per heavy atom. The van der Waals surface area contributed by atoms with Crippen molar-refractivity contribution in [1.82, 2.24) is 9.97 Å². The predicted octanol–water partition coefficient (Wildman–Crippen LogP) is 9.49. The summed E-state index contributed by atoms with van der Waals surface area (Å²) in [5.74, 6) is 1.18. The van der Waals surface area contributed by atoms with Crippen molar-refractivity contribution in [3.8, 4) is 0 Å². The molecule has 2 aliphatic carbocycles. The third-order valence-electron chi connectivity index (χ3n) is 8.05. The Hall–Kier alpha value is -2.04. The number of pyridine rings is 2. The van der Waals surface area contributed by atoms with Gasteiger partial charge in [0.1, 0.15) is 0 Å². The van der Waals surface area contributed by atoms with E-state index in [2.05, 4.69) is 48.5 Å². The minimum absolute atomic E-state index is 0.590. The van der Waals surface area contributed by atoms with Gasteiger partial charge in [0, 0.05) is 42.2 Å². The summed E-state index contributed by atoms with van der Waals surface area (Å²) in [6, 6.07) is 17.6. The molecule has 0 N–H and O–H groups in total. The van der Waals surface area contributed by atoms with Gasteiger partial charge < -0.3 is 0 Å². The molecular formula is C30H30N2S2. The van der Waals surface area contributed by atoms with Crippen LogP contribution in [0.5, 0.6) is 0 Å². The average Bonchev–Trinajstić information content (AvgIpc) is 2.92. The summed E-state index contributed by atoms with van der Waals surface area (Å²) < 4.78 is 0. The van der Waals surface area contributed by atoms with E-state index in [1.165, 1.54) is 106 Å². The Labute approximate surface area is 210 Å². The summed E-state index contributed by atoms with van der Waals surface area (Å²) >= 11 is 4.00. The molecule has 1 aliphatic heterocycles. The van der Waals surface area contributed by atoms with Crippen molar-refractivity contribution >= 4 is 45.3 Å². The monoisotopic (exact) mass is 482 g/mol. The highest BCUT2D eigenvalue weighted by Crippen LogP contribution is 2.57. The minimum atomic E-state index is 0.590. The summed E-state index contributed by atoms with van der Waals surface area (Å²) in [6.45, 7) is 0. The van der Waals surface area contributed by atoms with Gasteiger partial charge in [-0.3, -0.25) is 9.97 Å². The summed E-state index contributed by atoms with van der Waals surface area (Å²) in [5.41, 5.74) is 5.03. The minimum Gasteiger partial charge on any atom is -0.251 e. The lowest BCUT2D eigenvalue weighted by Crippen LogP contribution is -2.12. The van der Waals surface area contributed by atoms with Gasteiger partial charge in [-0.15, -0.1) is 0 Å². The molecule has 7 rings (SSSR count). The van der Waals surface area contributed by atoms with E-state index in [0.717, 1.165) is 11.0 Å². The summed E-state index contributed by atoms with van der Waals surface area (Å²) in [6.07, 6.45) is 13.2. The van der Waals surface area contributed by atoms with Gasteiger partial charge in [-0.05, 0) is 37.8 Å². The van der Waals surface area contributed by atoms with Crippen LogP contribution in [-0.2, 0) is 0 Å². The van der Waals surface area contributed by atoms with Gasteiger partial charge in [0.2, 0.25) is 0 Å². The molecule has 0 bridgehead atoms. The molecule has 0 unspecified atom stereocenters. The highest BCUT2D eigenvalue weighted by molar-refractivity contribution is 8.05. The maximum absolute atomic E-state index is 5.33. The highest BCUT2D eigenvalue weighted by Gasteiger charge is 2.32. The van der Waals surface area contributed by atoms with Gasteiger partial charge in [-0.25, -0.2) is 0 Å². The molecule has 172 valence electrons.